The van der Waals surface area contributed by atoms with Crippen molar-refractivity contribution in [2.24, 2.45) is 0 Å². The van der Waals surface area contributed by atoms with Crippen molar-refractivity contribution in [3.05, 3.63) is 146 Å². The van der Waals surface area contributed by atoms with E-state index in [-0.39, 0.29) is 0 Å². The maximum atomic E-state index is 6.67. The molecule has 0 radical (unpaired) electrons. The van der Waals surface area contributed by atoms with Crippen molar-refractivity contribution in [1.82, 2.24) is 4.98 Å². The molecule has 0 aliphatic carbocycles. The van der Waals surface area contributed by atoms with Gasteiger partial charge in [-0.1, -0.05) is 78.9 Å². The molecule has 202 valence electrons. The van der Waals surface area contributed by atoms with Gasteiger partial charge in [-0.05, 0) is 65.7 Å². The minimum absolute atomic E-state index is 0.840. The lowest BCUT2D eigenvalue weighted by atomic mass is 10.0. The Morgan fingerprint density at radius 2 is 1.30 bits per heavy atom. The number of nitrogens with zero attached hydrogens (tertiary/aromatic N) is 2. The monoisotopic (exact) mass is 568 g/mol. The Labute approximate surface area is 251 Å². The third kappa shape index (κ3) is 3.92. The fraction of sp³-hybridized carbons (Fsp3) is 0. The molecule has 0 aliphatic heterocycles. The maximum Gasteiger partial charge on any atom is 0.159 e. The van der Waals surface area contributed by atoms with E-state index >= 15 is 0 Å². The lowest BCUT2D eigenvalue weighted by molar-refractivity contribution is 0.669. The van der Waals surface area contributed by atoms with E-state index in [1.807, 2.05) is 23.6 Å². The molecule has 0 amide bonds. The minimum Gasteiger partial charge on any atom is -0.454 e. The summed E-state index contributed by atoms with van der Waals surface area (Å²) >= 11 is 1.84. The molecule has 0 unspecified atom stereocenters. The topological polar surface area (TPSA) is 29.3 Å². The van der Waals surface area contributed by atoms with Crippen molar-refractivity contribution in [3.63, 3.8) is 0 Å². The van der Waals surface area contributed by atoms with Gasteiger partial charge in [-0.15, -0.1) is 11.3 Å². The van der Waals surface area contributed by atoms with E-state index in [9.17, 15) is 0 Å². The van der Waals surface area contributed by atoms with Crippen LogP contribution in [0.3, 0.4) is 0 Å². The molecule has 6 aromatic carbocycles. The van der Waals surface area contributed by atoms with E-state index < -0.39 is 0 Å². The van der Waals surface area contributed by atoms with Crippen LogP contribution >= 0.6 is 11.3 Å². The molecule has 0 atom stereocenters. The highest BCUT2D eigenvalue weighted by molar-refractivity contribution is 7.25. The number of benzene rings is 6. The molecule has 0 saturated carbocycles. The van der Waals surface area contributed by atoms with Gasteiger partial charge in [0.1, 0.15) is 5.58 Å². The van der Waals surface area contributed by atoms with Crippen molar-refractivity contribution in [2.45, 2.75) is 0 Å². The number of thiophene rings is 1. The van der Waals surface area contributed by atoms with Crippen LogP contribution in [0.25, 0.3) is 64.1 Å². The smallest absolute Gasteiger partial charge is 0.159 e. The third-order valence-electron chi connectivity index (χ3n) is 8.29. The molecule has 4 heteroatoms. The highest BCUT2D eigenvalue weighted by Gasteiger charge is 2.20. The highest BCUT2D eigenvalue weighted by Crippen LogP contribution is 2.45. The summed E-state index contributed by atoms with van der Waals surface area (Å²) in [6, 6.07) is 49.5. The van der Waals surface area contributed by atoms with Crippen LogP contribution in [0.2, 0.25) is 0 Å². The van der Waals surface area contributed by atoms with Gasteiger partial charge in [0.15, 0.2) is 5.58 Å². The molecular weight excluding hydrogens is 545 g/mol. The molecule has 0 bridgehead atoms. The van der Waals surface area contributed by atoms with Crippen LogP contribution in [0.15, 0.2) is 150 Å². The Morgan fingerprint density at radius 1 is 0.535 bits per heavy atom. The van der Waals surface area contributed by atoms with Crippen molar-refractivity contribution >= 4 is 81.4 Å². The van der Waals surface area contributed by atoms with Gasteiger partial charge in [0.05, 0.1) is 11.2 Å². The summed E-state index contributed by atoms with van der Waals surface area (Å²) in [7, 11) is 0. The van der Waals surface area contributed by atoms with E-state index in [0.717, 1.165) is 49.9 Å². The zero-order valence-electron chi connectivity index (χ0n) is 23.1. The number of furan rings is 1. The van der Waals surface area contributed by atoms with Gasteiger partial charge < -0.3 is 9.32 Å². The lowest BCUT2D eigenvalue weighted by Crippen LogP contribution is -2.10. The van der Waals surface area contributed by atoms with Crippen LogP contribution in [0, 0.1) is 0 Å². The number of anilines is 3. The zero-order valence-corrected chi connectivity index (χ0v) is 23.9. The molecule has 43 heavy (non-hydrogen) atoms. The first-order chi connectivity index (χ1) is 21.3. The molecule has 0 N–H and O–H groups in total. The quantitative estimate of drug-likeness (QED) is 0.211. The van der Waals surface area contributed by atoms with E-state index in [2.05, 4.69) is 143 Å². The molecule has 0 aliphatic rings. The number of aromatic nitrogens is 1. The summed E-state index contributed by atoms with van der Waals surface area (Å²) in [5, 5.41) is 5.83. The Morgan fingerprint density at radius 3 is 2.21 bits per heavy atom. The van der Waals surface area contributed by atoms with Crippen molar-refractivity contribution in [1.29, 1.82) is 0 Å². The van der Waals surface area contributed by atoms with Crippen LogP contribution in [0.1, 0.15) is 0 Å². The summed E-state index contributed by atoms with van der Waals surface area (Å²) in [5.74, 6) is 0. The minimum atomic E-state index is 0.840. The summed E-state index contributed by atoms with van der Waals surface area (Å²) in [4.78, 5) is 6.89. The molecular formula is C39H24N2OS. The van der Waals surface area contributed by atoms with Crippen LogP contribution in [0.5, 0.6) is 0 Å². The van der Waals surface area contributed by atoms with Crippen molar-refractivity contribution < 1.29 is 4.42 Å². The zero-order chi connectivity index (χ0) is 28.3. The molecule has 3 nitrogen and oxygen atoms in total. The third-order valence-corrected chi connectivity index (χ3v) is 9.44. The number of fused-ring (bicyclic) bond motifs is 7. The summed E-state index contributed by atoms with van der Waals surface area (Å²) in [6.07, 6.45) is 1.83. The summed E-state index contributed by atoms with van der Waals surface area (Å²) in [5.41, 5.74) is 8.16. The van der Waals surface area contributed by atoms with Gasteiger partial charge in [-0.25, -0.2) is 0 Å². The Bertz CT molecular complexity index is 2460. The second-order valence-corrected chi connectivity index (χ2v) is 11.9. The predicted octanol–water partition coefficient (Wildman–Crippen LogP) is 11.6. The highest BCUT2D eigenvalue weighted by atomic mass is 32.1. The number of rotatable bonds is 4. The van der Waals surface area contributed by atoms with Crippen LogP contribution in [-0.4, -0.2) is 4.98 Å². The standard InChI is InChI=1S/C39H24N2OS/c1-2-8-25(9-3-1)26-15-17-28(18-16-26)41(29-19-20-38-33(23-29)30-11-4-5-14-37(30)43-38)35-13-6-12-31-32-22-27-10-7-21-40-34(27)24-36(32)42-39(31)35/h1-24H. The fourth-order valence-corrected chi connectivity index (χ4v) is 7.33. The average Bonchev–Trinajstić information content (AvgIpc) is 3.62. The Hall–Kier alpha value is -5.45. The Balaban J connectivity index is 1.29. The normalized spacial score (nSPS) is 11.7. The van der Waals surface area contributed by atoms with Crippen LogP contribution in [-0.2, 0) is 0 Å². The van der Waals surface area contributed by atoms with E-state index in [1.54, 1.807) is 0 Å². The van der Waals surface area contributed by atoms with Gasteiger partial charge in [0.25, 0.3) is 0 Å². The number of pyridine rings is 1. The number of hydrogen-bond donors (Lipinski definition) is 0. The second kappa shape index (κ2) is 9.55. The van der Waals surface area contributed by atoms with Crippen molar-refractivity contribution in [2.75, 3.05) is 4.90 Å². The molecule has 0 fully saturated rings. The van der Waals surface area contributed by atoms with E-state index in [4.69, 9.17) is 4.42 Å². The average molecular weight is 569 g/mol. The lowest BCUT2D eigenvalue weighted by Gasteiger charge is -2.26. The van der Waals surface area contributed by atoms with E-state index in [1.165, 1.54) is 31.3 Å². The molecule has 3 heterocycles. The SMILES string of the molecule is c1ccc(-c2ccc(N(c3ccc4sc5ccccc5c4c3)c3cccc4c3oc3cc5ncccc5cc34)cc2)cc1. The number of hydrogen-bond acceptors (Lipinski definition) is 4. The molecule has 9 aromatic rings. The first-order valence-corrected chi connectivity index (χ1v) is 15.2. The summed E-state index contributed by atoms with van der Waals surface area (Å²) in [6.45, 7) is 0. The van der Waals surface area contributed by atoms with Crippen LogP contribution in [0.4, 0.5) is 17.1 Å². The van der Waals surface area contributed by atoms with Crippen LogP contribution < -0.4 is 4.90 Å². The first kappa shape index (κ1) is 24.2. The fourth-order valence-electron chi connectivity index (χ4n) is 6.24. The molecule has 0 spiro atoms. The molecule has 9 rings (SSSR count). The van der Waals surface area contributed by atoms with Gasteiger partial charge >= 0.3 is 0 Å². The summed E-state index contributed by atoms with van der Waals surface area (Å²) < 4.78 is 9.25. The second-order valence-electron chi connectivity index (χ2n) is 10.8. The molecule has 0 saturated heterocycles. The van der Waals surface area contributed by atoms with Gasteiger partial charge in [0.2, 0.25) is 0 Å². The molecule has 3 aromatic heterocycles. The van der Waals surface area contributed by atoms with Gasteiger partial charge in [-0.2, -0.15) is 0 Å². The Kier molecular flexibility index (Phi) is 5.37. The van der Waals surface area contributed by atoms with Gasteiger partial charge in [0, 0.05) is 60.0 Å². The maximum absolute atomic E-state index is 6.67. The van der Waals surface area contributed by atoms with Crippen molar-refractivity contribution in [3.8, 4) is 11.1 Å². The van der Waals surface area contributed by atoms with E-state index in [0.29, 0.717) is 0 Å². The first-order valence-electron chi connectivity index (χ1n) is 14.4. The predicted molar refractivity (Wildman–Crippen MR) is 182 cm³/mol. The van der Waals surface area contributed by atoms with Gasteiger partial charge in [-0.3, -0.25) is 4.98 Å². The largest absolute Gasteiger partial charge is 0.454 e. The number of para-hydroxylation sites is 1.